The lowest BCUT2D eigenvalue weighted by molar-refractivity contribution is -0.114. The summed E-state index contributed by atoms with van der Waals surface area (Å²) in [6.07, 6.45) is 0. The number of rotatable bonds is 5. The van der Waals surface area contributed by atoms with Gasteiger partial charge in [-0.3, -0.25) is 9.52 Å². The first-order valence-corrected chi connectivity index (χ1v) is 10.0. The smallest absolute Gasteiger partial charge is 0.262 e. The van der Waals surface area contributed by atoms with Gasteiger partial charge in [0.2, 0.25) is 5.91 Å². The predicted molar refractivity (Wildman–Crippen MR) is 108 cm³/mol. The fraction of sp³-hybridized carbons (Fsp3) is 0.350. The molecular formula is C20H26N2O4S. The maximum absolute atomic E-state index is 13.0. The van der Waals surface area contributed by atoms with Crippen molar-refractivity contribution in [3.05, 3.63) is 47.5 Å². The van der Waals surface area contributed by atoms with Crippen LogP contribution in [0.25, 0.3) is 0 Å². The Morgan fingerprint density at radius 2 is 1.74 bits per heavy atom. The Morgan fingerprint density at radius 3 is 2.30 bits per heavy atom. The zero-order valence-corrected chi connectivity index (χ0v) is 17.3. The minimum atomic E-state index is -3.88. The van der Waals surface area contributed by atoms with E-state index in [4.69, 9.17) is 4.74 Å². The Bertz CT molecular complexity index is 960. The second-order valence-corrected chi connectivity index (χ2v) is 9.08. The molecule has 0 saturated carbocycles. The van der Waals surface area contributed by atoms with E-state index in [1.165, 1.54) is 20.1 Å². The van der Waals surface area contributed by atoms with Crippen LogP contribution in [0.2, 0.25) is 0 Å². The number of ether oxygens (including phenoxy) is 1. The van der Waals surface area contributed by atoms with E-state index in [1.54, 1.807) is 31.2 Å². The SMILES string of the molecule is COc1ccc(C(C)(C)C)cc1NS(=O)(=O)c1cc(NC(C)=O)ccc1C. The van der Waals surface area contributed by atoms with Crippen molar-refractivity contribution in [3.8, 4) is 5.75 Å². The van der Waals surface area contributed by atoms with E-state index in [-0.39, 0.29) is 16.2 Å². The Hall–Kier alpha value is -2.54. The molecule has 2 aromatic rings. The monoisotopic (exact) mass is 390 g/mol. The van der Waals surface area contributed by atoms with Gasteiger partial charge in [-0.15, -0.1) is 0 Å². The summed E-state index contributed by atoms with van der Waals surface area (Å²) in [5.74, 6) is 0.164. The summed E-state index contributed by atoms with van der Waals surface area (Å²) in [6.45, 7) is 9.22. The van der Waals surface area contributed by atoms with E-state index in [2.05, 4.69) is 10.0 Å². The van der Waals surface area contributed by atoms with Gasteiger partial charge >= 0.3 is 0 Å². The standard InChI is InChI=1S/C20H26N2O4S/c1-13-7-9-16(21-14(2)23)12-19(13)27(24,25)22-17-11-15(20(3,4)5)8-10-18(17)26-6/h7-12,22H,1-6H3,(H,21,23). The molecule has 0 radical (unpaired) electrons. The maximum Gasteiger partial charge on any atom is 0.262 e. The first kappa shape index (κ1) is 20.8. The van der Waals surface area contributed by atoms with E-state index in [0.717, 1.165) is 5.56 Å². The summed E-state index contributed by atoms with van der Waals surface area (Å²) in [7, 11) is -2.39. The molecule has 1 amide bonds. The van der Waals surface area contributed by atoms with Gasteiger partial charge in [0.15, 0.2) is 0 Å². The van der Waals surface area contributed by atoms with Crippen molar-refractivity contribution in [2.24, 2.45) is 0 Å². The molecule has 0 aromatic heterocycles. The average Bonchev–Trinajstić information content (AvgIpc) is 2.54. The van der Waals surface area contributed by atoms with Gasteiger partial charge in [-0.1, -0.05) is 32.9 Å². The fourth-order valence-corrected chi connectivity index (χ4v) is 3.96. The van der Waals surface area contributed by atoms with Crippen LogP contribution in [0, 0.1) is 6.92 Å². The van der Waals surface area contributed by atoms with Gasteiger partial charge in [-0.05, 0) is 47.7 Å². The molecule has 0 fully saturated rings. The molecule has 27 heavy (non-hydrogen) atoms. The highest BCUT2D eigenvalue weighted by Gasteiger charge is 2.22. The summed E-state index contributed by atoms with van der Waals surface area (Å²) < 4.78 is 34.0. The van der Waals surface area contributed by atoms with Gasteiger partial charge in [0.25, 0.3) is 10.0 Å². The molecule has 2 aromatic carbocycles. The third-order valence-corrected chi connectivity index (χ3v) is 5.62. The van der Waals surface area contributed by atoms with Gasteiger partial charge in [-0.2, -0.15) is 0 Å². The lowest BCUT2D eigenvalue weighted by Crippen LogP contribution is -2.17. The van der Waals surface area contributed by atoms with Crippen LogP contribution in [0.5, 0.6) is 5.75 Å². The summed E-state index contributed by atoms with van der Waals surface area (Å²) in [4.78, 5) is 11.4. The molecule has 0 spiro atoms. The van der Waals surface area contributed by atoms with Crippen molar-refractivity contribution >= 4 is 27.3 Å². The quantitative estimate of drug-likeness (QED) is 0.806. The number of aryl methyl sites for hydroxylation is 1. The molecule has 2 N–H and O–H groups in total. The number of carbonyl (C=O) groups is 1. The lowest BCUT2D eigenvalue weighted by Gasteiger charge is -2.21. The number of sulfonamides is 1. The second-order valence-electron chi connectivity index (χ2n) is 7.43. The highest BCUT2D eigenvalue weighted by Crippen LogP contribution is 2.33. The van der Waals surface area contributed by atoms with Crippen molar-refractivity contribution in [1.29, 1.82) is 0 Å². The average molecular weight is 391 g/mol. The first-order valence-electron chi connectivity index (χ1n) is 8.53. The molecule has 0 atom stereocenters. The summed E-state index contributed by atoms with van der Waals surface area (Å²) in [6, 6.07) is 10.2. The van der Waals surface area contributed by atoms with Crippen molar-refractivity contribution < 1.29 is 17.9 Å². The maximum atomic E-state index is 13.0. The Labute approximate surface area is 161 Å². The molecular weight excluding hydrogens is 364 g/mol. The fourth-order valence-electron chi connectivity index (χ4n) is 2.62. The Morgan fingerprint density at radius 1 is 1.07 bits per heavy atom. The van der Waals surface area contributed by atoms with Crippen LogP contribution < -0.4 is 14.8 Å². The molecule has 0 aliphatic carbocycles. The van der Waals surface area contributed by atoms with Crippen LogP contribution in [0.3, 0.4) is 0 Å². The van der Waals surface area contributed by atoms with Crippen LogP contribution in [0.1, 0.15) is 38.8 Å². The number of hydrogen-bond acceptors (Lipinski definition) is 4. The highest BCUT2D eigenvalue weighted by molar-refractivity contribution is 7.92. The van der Waals surface area contributed by atoms with Gasteiger partial charge in [0.05, 0.1) is 17.7 Å². The molecule has 7 heteroatoms. The normalized spacial score (nSPS) is 11.8. The summed E-state index contributed by atoms with van der Waals surface area (Å²) in [5.41, 5.74) is 2.19. The molecule has 0 bridgehead atoms. The Kier molecular flexibility index (Phi) is 5.85. The van der Waals surface area contributed by atoms with E-state index >= 15 is 0 Å². The van der Waals surface area contributed by atoms with Gasteiger partial charge in [-0.25, -0.2) is 8.42 Å². The number of hydrogen-bond donors (Lipinski definition) is 2. The number of benzene rings is 2. The number of carbonyl (C=O) groups excluding carboxylic acids is 1. The predicted octanol–water partition coefficient (Wildman–Crippen LogP) is 4.06. The van der Waals surface area contributed by atoms with Crippen LogP contribution in [-0.4, -0.2) is 21.4 Å². The van der Waals surface area contributed by atoms with Gasteiger partial charge in [0.1, 0.15) is 5.75 Å². The molecule has 0 heterocycles. The zero-order valence-electron chi connectivity index (χ0n) is 16.5. The molecule has 6 nitrogen and oxygen atoms in total. The first-order chi connectivity index (χ1) is 12.4. The van der Waals surface area contributed by atoms with E-state index in [9.17, 15) is 13.2 Å². The van der Waals surface area contributed by atoms with Crippen LogP contribution in [0.15, 0.2) is 41.3 Å². The van der Waals surface area contributed by atoms with Crippen LogP contribution >= 0.6 is 0 Å². The third kappa shape index (κ3) is 5.01. The van der Waals surface area contributed by atoms with Crippen LogP contribution in [0.4, 0.5) is 11.4 Å². The van der Waals surface area contributed by atoms with E-state index in [0.29, 0.717) is 22.7 Å². The number of nitrogens with one attached hydrogen (secondary N) is 2. The van der Waals surface area contributed by atoms with E-state index in [1.807, 2.05) is 26.8 Å². The topological polar surface area (TPSA) is 84.5 Å². The van der Waals surface area contributed by atoms with Gasteiger partial charge in [0, 0.05) is 12.6 Å². The Balaban J connectivity index is 2.49. The van der Waals surface area contributed by atoms with Gasteiger partial charge < -0.3 is 10.1 Å². The third-order valence-electron chi connectivity index (χ3n) is 4.11. The highest BCUT2D eigenvalue weighted by atomic mass is 32.2. The van der Waals surface area contributed by atoms with Crippen molar-refractivity contribution in [1.82, 2.24) is 0 Å². The number of methoxy groups -OCH3 is 1. The van der Waals surface area contributed by atoms with Crippen LogP contribution in [-0.2, 0) is 20.2 Å². The zero-order chi connectivity index (χ0) is 20.4. The number of amides is 1. The largest absolute Gasteiger partial charge is 0.495 e. The number of anilines is 2. The molecule has 0 unspecified atom stereocenters. The van der Waals surface area contributed by atoms with Crippen molar-refractivity contribution in [2.75, 3.05) is 17.1 Å². The second kappa shape index (κ2) is 7.60. The van der Waals surface area contributed by atoms with Crippen molar-refractivity contribution in [3.63, 3.8) is 0 Å². The summed E-state index contributed by atoms with van der Waals surface area (Å²) >= 11 is 0. The van der Waals surface area contributed by atoms with E-state index < -0.39 is 10.0 Å². The molecule has 2 rings (SSSR count). The lowest BCUT2D eigenvalue weighted by atomic mass is 9.87. The summed E-state index contributed by atoms with van der Waals surface area (Å²) in [5, 5.41) is 2.60. The minimum Gasteiger partial charge on any atom is -0.495 e. The molecule has 0 aliphatic rings. The molecule has 0 aliphatic heterocycles. The van der Waals surface area contributed by atoms with Crippen molar-refractivity contribution in [2.45, 2.75) is 44.9 Å². The minimum absolute atomic E-state index is 0.0944. The molecule has 146 valence electrons. The molecule has 0 saturated heterocycles.